The summed E-state index contributed by atoms with van der Waals surface area (Å²) in [5, 5.41) is 33.6. The normalized spacial score (nSPS) is 14.2. The van der Waals surface area contributed by atoms with Crippen molar-refractivity contribution in [2.75, 3.05) is 39.5 Å². The summed E-state index contributed by atoms with van der Waals surface area (Å²) in [5.41, 5.74) is 3.27. The van der Waals surface area contributed by atoms with Crippen molar-refractivity contribution < 1.29 is 29.3 Å². The second-order valence-electron chi connectivity index (χ2n) is 10.1. The number of nitrogens with zero attached hydrogens (tertiary/aromatic N) is 1. The lowest BCUT2D eigenvalue weighted by atomic mass is 9.98. The number of aliphatic hydroxyl groups excluding tert-OH is 2. The van der Waals surface area contributed by atoms with Crippen LogP contribution in [0.4, 0.5) is 0 Å². The van der Waals surface area contributed by atoms with Gasteiger partial charge in [-0.05, 0) is 37.0 Å². The van der Waals surface area contributed by atoms with E-state index in [1.165, 1.54) is 5.56 Å². The van der Waals surface area contributed by atoms with Crippen LogP contribution in [0.2, 0.25) is 0 Å². The summed E-state index contributed by atoms with van der Waals surface area (Å²) in [6, 6.07) is 28.0. The van der Waals surface area contributed by atoms with E-state index >= 15 is 0 Å². The molecule has 4 N–H and O–H groups in total. The zero-order valence-electron chi connectivity index (χ0n) is 23.3. The first-order chi connectivity index (χ1) is 19.0. The third-order valence-electron chi connectivity index (χ3n) is 7.26. The van der Waals surface area contributed by atoms with Crippen LogP contribution in [0.15, 0.2) is 84.9 Å². The van der Waals surface area contributed by atoms with E-state index < -0.39 is 6.29 Å². The van der Waals surface area contributed by atoms with Gasteiger partial charge in [0.05, 0.1) is 19.8 Å². The highest BCUT2D eigenvalue weighted by Gasteiger charge is 2.35. The maximum Gasteiger partial charge on any atom is 0.193 e. The van der Waals surface area contributed by atoms with Crippen molar-refractivity contribution in [3.63, 3.8) is 0 Å². The van der Waals surface area contributed by atoms with Crippen LogP contribution in [0.3, 0.4) is 0 Å². The molecule has 0 aliphatic rings. The SMILES string of the molecule is CC(OCCNC(Cc1ccccc1)Cc1ccccc1O)OC(C)[N+](CCO)(CCO)Cc1ccccc1. The van der Waals surface area contributed by atoms with Gasteiger partial charge in [0.1, 0.15) is 25.4 Å². The van der Waals surface area contributed by atoms with Crippen LogP contribution < -0.4 is 5.32 Å². The molecule has 0 bridgehead atoms. The Morgan fingerprint density at radius 3 is 1.97 bits per heavy atom. The van der Waals surface area contributed by atoms with E-state index in [9.17, 15) is 15.3 Å². The number of aliphatic hydroxyl groups is 2. The quantitative estimate of drug-likeness (QED) is 0.112. The van der Waals surface area contributed by atoms with Gasteiger partial charge in [-0.1, -0.05) is 78.9 Å². The number of quaternary nitrogens is 1. The van der Waals surface area contributed by atoms with Crippen LogP contribution in [0.25, 0.3) is 0 Å². The number of phenols is 1. The molecule has 3 aromatic carbocycles. The molecular formula is C32H45N2O5+. The van der Waals surface area contributed by atoms with Gasteiger partial charge in [-0.25, -0.2) is 0 Å². The zero-order chi connectivity index (χ0) is 27.9. The molecule has 0 aromatic heterocycles. The lowest BCUT2D eigenvalue weighted by Gasteiger charge is -2.43. The molecule has 7 nitrogen and oxygen atoms in total. The Morgan fingerprint density at radius 1 is 0.769 bits per heavy atom. The fourth-order valence-electron chi connectivity index (χ4n) is 5.11. The van der Waals surface area contributed by atoms with Crippen LogP contribution in [0.5, 0.6) is 5.75 Å². The Morgan fingerprint density at radius 2 is 1.36 bits per heavy atom. The molecule has 7 heteroatoms. The van der Waals surface area contributed by atoms with Crippen molar-refractivity contribution in [3.8, 4) is 5.75 Å². The second kappa shape index (κ2) is 16.4. The Balaban J connectivity index is 1.55. The van der Waals surface area contributed by atoms with Crippen LogP contribution in [0.1, 0.15) is 30.5 Å². The van der Waals surface area contributed by atoms with Crippen LogP contribution >= 0.6 is 0 Å². The predicted molar refractivity (Wildman–Crippen MR) is 154 cm³/mol. The molecule has 0 saturated carbocycles. The van der Waals surface area contributed by atoms with E-state index in [1.807, 2.05) is 68.4 Å². The summed E-state index contributed by atoms with van der Waals surface area (Å²) in [7, 11) is 0. The van der Waals surface area contributed by atoms with E-state index in [1.54, 1.807) is 6.07 Å². The summed E-state index contributed by atoms with van der Waals surface area (Å²) in [6.07, 6.45) is 0.782. The first kappa shape index (κ1) is 30.8. The molecule has 3 atom stereocenters. The first-order valence-corrected chi connectivity index (χ1v) is 13.9. The number of aromatic hydroxyl groups is 1. The van der Waals surface area contributed by atoms with Gasteiger partial charge >= 0.3 is 0 Å². The molecule has 0 aliphatic carbocycles. The molecule has 3 aromatic rings. The lowest BCUT2D eigenvalue weighted by Crippen LogP contribution is -2.58. The first-order valence-electron chi connectivity index (χ1n) is 13.9. The average Bonchev–Trinajstić information content (AvgIpc) is 2.93. The summed E-state index contributed by atoms with van der Waals surface area (Å²) in [5.74, 6) is 0.312. The zero-order valence-corrected chi connectivity index (χ0v) is 23.3. The number of hydrogen-bond donors (Lipinski definition) is 4. The number of para-hydroxylation sites is 1. The van der Waals surface area contributed by atoms with Crippen molar-refractivity contribution >= 4 is 0 Å². The average molecular weight is 538 g/mol. The van der Waals surface area contributed by atoms with Crippen molar-refractivity contribution in [1.29, 1.82) is 0 Å². The van der Waals surface area contributed by atoms with Gasteiger partial charge in [-0.3, -0.25) is 4.48 Å². The predicted octanol–water partition coefficient (Wildman–Crippen LogP) is 3.86. The molecule has 0 fully saturated rings. The van der Waals surface area contributed by atoms with E-state index in [0.29, 0.717) is 49.4 Å². The second-order valence-corrected chi connectivity index (χ2v) is 10.1. The third kappa shape index (κ3) is 10.0. The van der Waals surface area contributed by atoms with E-state index in [2.05, 4.69) is 29.6 Å². The van der Waals surface area contributed by atoms with Gasteiger partial charge in [0.15, 0.2) is 12.5 Å². The number of phenolic OH excluding ortho intramolecular Hbond substituents is 1. The van der Waals surface area contributed by atoms with Gasteiger partial charge in [0.2, 0.25) is 0 Å². The van der Waals surface area contributed by atoms with Crippen molar-refractivity contribution in [3.05, 3.63) is 102 Å². The minimum absolute atomic E-state index is 0.000533. The van der Waals surface area contributed by atoms with Crippen LogP contribution in [0, 0.1) is 0 Å². The molecule has 0 radical (unpaired) electrons. The fraction of sp³-hybridized carbons (Fsp3) is 0.438. The Bertz CT molecular complexity index is 1060. The molecule has 0 saturated heterocycles. The monoisotopic (exact) mass is 537 g/mol. The maximum atomic E-state index is 10.3. The molecule has 0 amide bonds. The number of nitrogens with one attached hydrogen (secondary N) is 1. The molecule has 0 aliphatic heterocycles. The molecule has 3 rings (SSSR count). The fourth-order valence-corrected chi connectivity index (χ4v) is 5.11. The summed E-state index contributed by atoms with van der Waals surface area (Å²) >= 11 is 0. The van der Waals surface area contributed by atoms with Crippen LogP contribution in [-0.4, -0.2) is 77.8 Å². The van der Waals surface area contributed by atoms with Gasteiger partial charge in [0.25, 0.3) is 0 Å². The number of ether oxygens (including phenoxy) is 2. The molecular weight excluding hydrogens is 492 g/mol. The smallest absolute Gasteiger partial charge is 0.193 e. The topological polar surface area (TPSA) is 91.2 Å². The standard InChI is InChI=1S/C32H44N2O5/c1-26(34(18-20-35,19-21-36)25-29-13-7-4-8-14-29)39-27(2)38-22-17-33-31(23-28-11-5-3-6-12-28)24-30-15-9-10-16-32(30)37/h3-16,26-27,31,33,35-36H,17-25H2,1-2H3/p+1. The Kier molecular flexibility index (Phi) is 12.9. The van der Waals surface area contributed by atoms with Crippen molar-refractivity contribution in [1.82, 2.24) is 5.32 Å². The lowest BCUT2D eigenvalue weighted by molar-refractivity contribution is -0.983. The van der Waals surface area contributed by atoms with E-state index in [4.69, 9.17) is 9.47 Å². The van der Waals surface area contributed by atoms with Gasteiger partial charge in [-0.2, -0.15) is 0 Å². The van der Waals surface area contributed by atoms with Gasteiger partial charge in [-0.15, -0.1) is 0 Å². The van der Waals surface area contributed by atoms with Gasteiger partial charge < -0.3 is 30.1 Å². The third-order valence-corrected chi connectivity index (χ3v) is 7.26. The summed E-state index contributed by atoms with van der Waals surface area (Å²) in [6.45, 7) is 6.54. The molecule has 0 heterocycles. The Labute approximate surface area is 233 Å². The minimum Gasteiger partial charge on any atom is -0.508 e. The highest BCUT2D eigenvalue weighted by molar-refractivity contribution is 5.32. The molecule has 212 valence electrons. The van der Waals surface area contributed by atoms with Crippen molar-refractivity contribution in [2.45, 2.75) is 51.8 Å². The molecule has 0 spiro atoms. The largest absolute Gasteiger partial charge is 0.508 e. The highest BCUT2D eigenvalue weighted by atomic mass is 16.7. The minimum atomic E-state index is -0.460. The van der Waals surface area contributed by atoms with Gasteiger partial charge in [0, 0.05) is 25.1 Å². The van der Waals surface area contributed by atoms with Crippen molar-refractivity contribution in [2.24, 2.45) is 0 Å². The van der Waals surface area contributed by atoms with E-state index in [0.717, 1.165) is 17.5 Å². The van der Waals surface area contributed by atoms with Crippen LogP contribution in [-0.2, 0) is 28.9 Å². The number of rotatable bonds is 18. The summed E-state index contributed by atoms with van der Waals surface area (Å²) in [4.78, 5) is 0. The number of benzene rings is 3. The van der Waals surface area contributed by atoms with E-state index in [-0.39, 0.29) is 25.5 Å². The molecule has 39 heavy (non-hydrogen) atoms. The highest BCUT2D eigenvalue weighted by Crippen LogP contribution is 2.22. The summed E-state index contributed by atoms with van der Waals surface area (Å²) < 4.78 is 12.7. The number of hydrogen-bond acceptors (Lipinski definition) is 6. The molecule has 3 unspecified atom stereocenters. The Hall–Kier alpha value is -2.78. The maximum absolute atomic E-state index is 10.3.